The van der Waals surface area contributed by atoms with Crippen molar-refractivity contribution >= 4 is 41.1 Å². The minimum absolute atomic E-state index is 0.173. The van der Waals surface area contributed by atoms with Crippen LogP contribution in [0, 0.1) is 11.8 Å². The van der Waals surface area contributed by atoms with Crippen LogP contribution in [0.3, 0.4) is 0 Å². The monoisotopic (exact) mass is 524 g/mol. The van der Waals surface area contributed by atoms with Crippen molar-refractivity contribution in [3.63, 3.8) is 0 Å². The maximum Gasteiger partial charge on any atom is 0.286 e. The molecule has 5 heterocycles. The molecular weight excluding hydrogens is 488 g/mol. The number of anilines is 1. The predicted molar refractivity (Wildman–Crippen MR) is 144 cm³/mol. The van der Waals surface area contributed by atoms with E-state index >= 15 is 0 Å². The zero-order chi connectivity index (χ0) is 27.7. The Labute approximate surface area is 222 Å². The summed E-state index contributed by atoms with van der Waals surface area (Å²) in [6.07, 6.45) is 0.687. The van der Waals surface area contributed by atoms with Gasteiger partial charge in [0.2, 0.25) is 17.6 Å². The highest BCUT2D eigenvalue weighted by Gasteiger charge is 2.54. The molecule has 204 valence electrons. The van der Waals surface area contributed by atoms with Crippen LogP contribution in [0.2, 0.25) is 0 Å². The van der Waals surface area contributed by atoms with E-state index in [0.29, 0.717) is 43.1 Å². The van der Waals surface area contributed by atoms with E-state index < -0.39 is 23.2 Å². The first-order valence-corrected chi connectivity index (χ1v) is 13.0. The van der Waals surface area contributed by atoms with Crippen LogP contribution in [-0.4, -0.2) is 102 Å². The quantitative estimate of drug-likeness (QED) is 0.445. The summed E-state index contributed by atoms with van der Waals surface area (Å²) in [4.78, 5) is 56.2. The number of fused-ring (bicyclic) bond motifs is 3. The summed E-state index contributed by atoms with van der Waals surface area (Å²) in [5.74, 6) is 1.30. The predicted octanol–water partition coefficient (Wildman–Crippen LogP) is 1.98. The second-order valence-electron chi connectivity index (χ2n) is 12.2. The Morgan fingerprint density at radius 2 is 1.68 bits per heavy atom. The number of aromatic nitrogens is 2. The van der Waals surface area contributed by atoms with Crippen molar-refractivity contribution in [1.29, 1.82) is 0 Å². The van der Waals surface area contributed by atoms with Crippen LogP contribution in [0.15, 0.2) is 26.5 Å². The number of carbonyl (C=O) groups is 2. The third-order valence-electron chi connectivity index (χ3n) is 6.81. The van der Waals surface area contributed by atoms with Gasteiger partial charge in [-0.05, 0) is 39.5 Å². The average Bonchev–Trinajstić information content (AvgIpc) is 3.48. The molecular formula is C25H36N10O3. The number of rotatable bonds is 5. The van der Waals surface area contributed by atoms with Crippen LogP contribution in [-0.2, 0) is 4.79 Å². The number of carbonyl (C=O) groups excluding carboxylic acids is 2. The fraction of sp³-hybridized carbons (Fsp3) is 0.640. The van der Waals surface area contributed by atoms with Crippen molar-refractivity contribution in [2.75, 3.05) is 24.5 Å². The largest absolute Gasteiger partial charge is 0.410 e. The van der Waals surface area contributed by atoms with Gasteiger partial charge in [-0.2, -0.15) is 0 Å². The van der Waals surface area contributed by atoms with E-state index in [9.17, 15) is 14.8 Å². The number of aromatic amines is 1. The molecule has 0 aromatic carbocycles. The molecule has 38 heavy (non-hydrogen) atoms. The number of guanidine groups is 2. The molecule has 1 atom stereocenters. The molecule has 1 aromatic rings. The van der Waals surface area contributed by atoms with Crippen molar-refractivity contribution in [3.05, 3.63) is 12.0 Å². The second kappa shape index (κ2) is 8.63. The summed E-state index contributed by atoms with van der Waals surface area (Å²) in [7, 11) is 0. The molecule has 2 amide bonds. The lowest BCUT2D eigenvalue weighted by molar-refractivity contribution is -0.121. The molecule has 1 fully saturated rings. The number of hydrogen-bond donors (Lipinski definition) is 2. The molecule has 0 saturated carbocycles. The Morgan fingerprint density at radius 3 is 2.32 bits per heavy atom. The van der Waals surface area contributed by atoms with Gasteiger partial charge in [-0.1, -0.05) is 32.9 Å². The lowest BCUT2D eigenvalue weighted by Crippen LogP contribution is -2.62. The Kier molecular flexibility index (Phi) is 5.88. The summed E-state index contributed by atoms with van der Waals surface area (Å²) in [6, 6.07) is 0. The van der Waals surface area contributed by atoms with Crippen LogP contribution in [0.25, 0.3) is 0 Å². The SMILES string of the molecule is CC(C)CN1C(=NC2N3C(=O)c4[nH]cnc4N(CC(C)C)C3=NC2(C)C)C(=NO)C(=O)N2CC(C)(C)N=C21. The minimum atomic E-state index is -0.850. The van der Waals surface area contributed by atoms with Crippen LogP contribution in [0.5, 0.6) is 0 Å². The first-order chi connectivity index (χ1) is 17.8. The summed E-state index contributed by atoms with van der Waals surface area (Å²) in [6.45, 7) is 17.4. The minimum Gasteiger partial charge on any atom is -0.410 e. The first-order valence-electron chi connectivity index (χ1n) is 13.0. The average molecular weight is 525 g/mol. The molecule has 1 unspecified atom stereocenters. The Balaban J connectivity index is 1.66. The molecule has 13 heteroatoms. The number of nitrogens with one attached hydrogen (secondary N) is 1. The molecule has 0 bridgehead atoms. The molecule has 0 spiro atoms. The van der Waals surface area contributed by atoms with Crippen LogP contribution in [0.1, 0.15) is 65.9 Å². The van der Waals surface area contributed by atoms with Crippen LogP contribution >= 0.6 is 0 Å². The van der Waals surface area contributed by atoms with Crippen LogP contribution in [0.4, 0.5) is 5.82 Å². The van der Waals surface area contributed by atoms with Crippen molar-refractivity contribution in [3.8, 4) is 0 Å². The van der Waals surface area contributed by atoms with Gasteiger partial charge in [-0.3, -0.25) is 29.2 Å². The number of aliphatic imine (C=N–C) groups is 3. The van der Waals surface area contributed by atoms with E-state index in [-0.39, 0.29) is 29.3 Å². The van der Waals surface area contributed by atoms with E-state index in [0.717, 1.165) is 0 Å². The van der Waals surface area contributed by atoms with E-state index in [2.05, 4.69) is 29.0 Å². The first kappa shape index (κ1) is 25.9. The number of hydrogen-bond acceptors (Lipinski definition) is 9. The summed E-state index contributed by atoms with van der Waals surface area (Å²) in [5.41, 5.74) is -1.18. The van der Waals surface area contributed by atoms with Gasteiger partial charge >= 0.3 is 0 Å². The van der Waals surface area contributed by atoms with Crippen LogP contribution < -0.4 is 4.90 Å². The van der Waals surface area contributed by atoms with Gasteiger partial charge in [-0.15, -0.1) is 0 Å². The number of oxime groups is 1. The number of imidazole rings is 1. The number of amides is 2. The van der Waals surface area contributed by atoms with Crippen molar-refractivity contribution in [1.82, 2.24) is 24.7 Å². The lowest BCUT2D eigenvalue weighted by atomic mass is 10.0. The van der Waals surface area contributed by atoms with Gasteiger partial charge < -0.3 is 10.2 Å². The van der Waals surface area contributed by atoms with E-state index in [1.54, 1.807) is 4.90 Å². The standard InChI is InChI=1S/C25H36N10O3/c1-13(2)9-32-17-15(26-12-27-17)20(37)35-21(25(7,8)30-23(32)35)28-18-16(31-38)19(36)34-11-24(5,6)29-22(34)33(18)10-14(3)4/h12-14,21,38H,9-11H2,1-8H3,(H,26,27). The molecule has 4 aliphatic rings. The third kappa shape index (κ3) is 3.95. The van der Waals surface area contributed by atoms with Gasteiger partial charge in [0.15, 0.2) is 17.8 Å². The van der Waals surface area contributed by atoms with Gasteiger partial charge in [0.25, 0.3) is 11.8 Å². The molecule has 13 nitrogen and oxygen atoms in total. The normalized spacial score (nSPS) is 26.0. The fourth-order valence-electron chi connectivity index (χ4n) is 5.31. The molecule has 5 rings (SSSR count). The highest BCUT2D eigenvalue weighted by Crippen LogP contribution is 2.38. The molecule has 1 saturated heterocycles. The molecule has 4 aliphatic heterocycles. The number of H-pyrrole nitrogens is 1. The molecule has 0 aliphatic carbocycles. The topological polar surface area (TPSA) is 145 Å². The van der Waals surface area contributed by atoms with Crippen molar-refractivity contribution in [2.24, 2.45) is 32.0 Å². The maximum absolute atomic E-state index is 13.8. The third-order valence-corrected chi connectivity index (χ3v) is 6.81. The van der Waals surface area contributed by atoms with Gasteiger partial charge in [0, 0.05) is 13.1 Å². The Bertz CT molecular complexity index is 1300. The summed E-state index contributed by atoms with van der Waals surface area (Å²) < 4.78 is 0. The Morgan fingerprint density at radius 1 is 1.03 bits per heavy atom. The fourth-order valence-corrected chi connectivity index (χ4v) is 5.31. The second-order valence-corrected chi connectivity index (χ2v) is 12.2. The highest BCUT2D eigenvalue weighted by atomic mass is 16.4. The zero-order valence-electron chi connectivity index (χ0n) is 23.2. The summed E-state index contributed by atoms with van der Waals surface area (Å²) >= 11 is 0. The smallest absolute Gasteiger partial charge is 0.286 e. The number of amidine groups is 1. The Hall–Kier alpha value is -3.77. The van der Waals surface area contributed by atoms with E-state index in [1.807, 2.05) is 51.3 Å². The zero-order valence-corrected chi connectivity index (χ0v) is 23.2. The lowest BCUT2D eigenvalue weighted by Gasteiger charge is -2.39. The van der Waals surface area contributed by atoms with Crippen molar-refractivity contribution in [2.45, 2.75) is 72.6 Å². The molecule has 1 aromatic heterocycles. The van der Waals surface area contributed by atoms with E-state index in [4.69, 9.17) is 15.0 Å². The van der Waals surface area contributed by atoms with Gasteiger partial charge in [0.1, 0.15) is 11.2 Å². The van der Waals surface area contributed by atoms with Crippen molar-refractivity contribution < 1.29 is 14.8 Å². The molecule has 0 radical (unpaired) electrons. The van der Waals surface area contributed by atoms with Gasteiger partial charge in [-0.25, -0.2) is 20.0 Å². The maximum atomic E-state index is 13.8. The molecule has 2 N–H and O–H groups in total. The van der Waals surface area contributed by atoms with E-state index in [1.165, 1.54) is 11.2 Å². The number of nitrogens with zero attached hydrogens (tertiary/aromatic N) is 9. The summed E-state index contributed by atoms with van der Waals surface area (Å²) in [5, 5.41) is 13.4. The highest BCUT2D eigenvalue weighted by molar-refractivity contribution is 6.70. The van der Waals surface area contributed by atoms with Gasteiger partial charge in [0.05, 0.1) is 18.4 Å².